The molecule has 1 aliphatic heterocycles. The van der Waals surface area contributed by atoms with E-state index in [2.05, 4.69) is 0 Å². The van der Waals surface area contributed by atoms with E-state index in [0.717, 1.165) is 5.56 Å². The summed E-state index contributed by atoms with van der Waals surface area (Å²) in [6.07, 6.45) is -1.04. The van der Waals surface area contributed by atoms with Gasteiger partial charge in [0, 0.05) is 12.7 Å². The molecule has 0 bridgehead atoms. The molecule has 4 N–H and O–H groups in total. The van der Waals surface area contributed by atoms with Crippen molar-refractivity contribution in [3.8, 4) is 17.2 Å². The molecule has 1 heterocycles. The first-order valence-electron chi connectivity index (χ1n) is 7.93. The highest BCUT2D eigenvalue weighted by atomic mass is 16.7. The minimum atomic E-state index is -1.25. The van der Waals surface area contributed by atoms with Gasteiger partial charge in [-0.2, -0.15) is 0 Å². The van der Waals surface area contributed by atoms with Gasteiger partial charge in [0.1, 0.15) is 12.2 Å². The van der Waals surface area contributed by atoms with Crippen molar-refractivity contribution < 1.29 is 39.4 Å². The number of ether oxygens (including phenoxy) is 4. The second-order valence-corrected chi connectivity index (χ2v) is 5.56. The molecule has 0 amide bonds. The zero-order valence-electron chi connectivity index (χ0n) is 14.2. The molecule has 0 aromatic heterocycles. The smallest absolute Gasteiger partial charge is 0.283 e. The summed E-state index contributed by atoms with van der Waals surface area (Å²) in [7, 11) is 2.95. The first kappa shape index (κ1) is 19.3. The van der Waals surface area contributed by atoms with Gasteiger partial charge in [0.05, 0.1) is 20.8 Å². The Morgan fingerprint density at radius 2 is 1.72 bits per heavy atom. The fourth-order valence-electron chi connectivity index (χ4n) is 2.48. The Bertz CT molecular complexity index is 575. The SMILES string of the molecule is COc1cc(CCCO)cc(OC)c1OC1=CC(O)C(O)C(CO)O1. The van der Waals surface area contributed by atoms with Crippen molar-refractivity contribution in [1.29, 1.82) is 0 Å². The Balaban J connectivity index is 2.30. The largest absolute Gasteiger partial charge is 0.493 e. The van der Waals surface area contributed by atoms with E-state index in [9.17, 15) is 15.3 Å². The van der Waals surface area contributed by atoms with Crippen molar-refractivity contribution in [2.45, 2.75) is 31.2 Å². The highest BCUT2D eigenvalue weighted by molar-refractivity contribution is 5.54. The number of hydrogen-bond acceptors (Lipinski definition) is 8. The van der Waals surface area contributed by atoms with Gasteiger partial charge in [-0.25, -0.2) is 0 Å². The number of rotatable bonds is 8. The van der Waals surface area contributed by atoms with Crippen LogP contribution in [0.1, 0.15) is 12.0 Å². The molecule has 140 valence electrons. The van der Waals surface area contributed by atoms with Gasteiger partial charge in [0.15, 0.2) is 17.6 Å². The van der Waals surface area contributed by atoms with E-state index in [1.54, 1.807) is 12.1 Å². The summed E-state index contributed by atoms with van der Waals surface area (Å²) in [5.74, 6) is 0.941. The van der Waals surface area contributed by atoms with Crippen LogP contribution in [0.4, 0.5) is 0 Å². The molecular formula is C17H24O8. The van der Waals surface area contributed by atoms with Crippen LogP contribution < -0.4 is 14.2 Å². The molecule has 3 unspecified atom stereocenters. The maximum atomic E-state index is 9.84. The third-order valence-electron chi connectivity index (χ3n) is 3.83. The molecule has 0 spiro atoms. The molecule has 0 fully saturated rings. The Hall–Kier alpha value is -2.00. The van der Waals surface area contributed by atoms with Gasteiger partial charge < -0.3 is 39.4 Å². The molecule has 8 nitrogen and oxygen atoms in total. The van der Waals surface area contributed by atoms with E-state index < -0.39 is 24.9 Å². The van der Waals surface area contributed by atoms with Crippen molar-refractivity contribution in [3.05, 3.63) is 29.7 Å². The monoisotopic (exact) mass is 356 g/mol. The maximum Gasteiger partial charge on any atom is 0.283 e. The fraction of sp³-hybridized carbons (Fsp3) is 0.529. The predicted molar refractivity (Wildman–Crippen MR) is 87.6 cm³/mol. The van der Waals surface area contributed by atoms with Crippen LogP contribution in [0.25, 0.3) is 0 Å². The first-order valence-corrected chi connectivity index (χ1v) is 7.93. The van der Waals surface area contributed by atoms with E-state index in [1.807, 2.05) is 0 Å². The third kappa shape index (κ3) is 4.55. The molecule has 1 aromatic carbocycles. The van der Waals surface area contributed by atoms with Gasteiger partial charge in [-0.3, -0.25) is 0 Å². The van der Waals surface area contributed by atoms with Crippen LogP contribution in [0.5, 0.6) is 17.2 Å². The predicted octanol–water partition coefficient (Wildman–Crippen LogP) is -0.0382. The van der Waals surface area contributed by atoms with Crippen molar-refractivity contribution in [2.75, 3.05) is 27.4 Å². The van der Waals surface area contributed by atoms with Gasteiger partial charge >= 0.3 is 0 Å². The van der Waals surface area contributed by atoms with Crippen LogP contribution in [0.15, 0.2) is 24.2 Å². The van der Waals surface area contributed by atoms with E-state index in [0.29, 0.717) is 24.3 Å². The zero-order chi connectivity index (χ0) is 18.4. The summed E-state index contributed by atoms with van der Waals surface area (Å²) in [5, 5.41) is 37.8. The summed E-state index contributed by atoms with van der Waals surface area (Å²) in [5.41, 5.74) is 0.900. The minimum Gasteiger partial charge on any atom is -0.493 e. The molecule has 25 heavy (non-hydrogen) atoms. The van der Waals surface area contributed by atoms with Gasteiger partial charge in [-0.15, -0.1) is 0 Å². The number of aliphatic hydroxyl groups excluding tert-OH is 4. The molecule has 1 aliphatic rings. The van der Waals surface area contributed by atoms with E-state index in [-0.39, 0.29) is 18.3 Å². The summed E-state index contributed by atoms with van der Waals surface area (Å²) in [4.78, 5) is 0. The minimum absolute atomic E-state index is 0.0726. The van der Waals surface area contributed by atoms with Crippen LogP contribution in [-0.4, -0.2) is 66.2 Å². The number of aliphatic hydroxyl groups is 4. The molecule has 3 atom stereocenters. The maximum absolute atomic E-state index is 9.84. The van der Waals surface area contributed by atoms with E-state index >= 15 is 0 Å². The highest BCUT2D eigenvalue weighted by Gasteiger charge is 2.33. The standard InChI is InChI=1S/C17H24O8/c1-22-12-6-10(4-3-5-18)7-13(23-2)17(12)25-15-8-11(20)16(21)14(9-19)24-15/h6-8,11,14,16,18-21H,3-5,9H2,1-2H3. The van der Waals surface area contributed by atoms with Crippen molar-refractivity contribution in [1.82, 2.24) is 0 Å². The summed E-state index contributed by atoms with van der Waals surface area (Å²) in [6, 6.07) is 3.51. The normalized spacial score (nSPS) is 22.8. The topological polar surface area (TPSA) is 118 Å². The highest BCUT2D eigenvalue weighted by Crippen LogP contribution is 2.40. The van der Waals surface area contributed by atoms with E-state index in [4.69, 9.17) is 24.1 Å². The molecule has 0 aliphatic carbocycles. The molecule has 0 saturated heterocycles. The van der Waals surface area contributed by atoms with Gasteiger partial charge in [-0.05, 0) is 30.5 Å². The van der Waals surface area contributed by atoms with Crippen LogP contribution >= 0.6 is 0 Å². The summed E-state index contributed by atoms with van der Waals surface area (Å²) in [6.45, 7) is -0.403. The van der Waals surface area contributed by atoms with Gasteiger partial charge in [0.2, 0.25) is 5.75 Å². The van der Waals surface area contributed by atoms with Gasteiger partial charge in [-0.1, -0.05) is 0 Å². The third-order valence-corrected chi connectivity index (χ3v) is 3.83. The van der Waals surface area contributed by atoms with E-state index in [1.165, 1.54) is 20.3 Å². The Kier molecular flexibility index (Phi) is 6.89. The number of benzene rings is 1. The van der Waals surface area contributed by atoms with Gasteiger partial charge in [0.25, 0.3) is 5.95 Å². The average Bonchev–Trinajstić information content (AvgIpc) is 2.63. The lowest BCUT2D eigenvalue weighted by molar-refractivity contribution is -0.113. The summed E-state index contributed by atoms with van der Waals surface area (Å²) < 4.78 is 21.7. The van der Waals surface area contributed by atoms with Crippen LogP contribution in [-0.2, 0) is 11.2 Å². The molecule has 2 rings (SSSR count). The Morgan fingerprint density at radius 3 is 2.24 bits per heavy atom. The number of methoxy groups -OCH3 is 2. The van der Waals surface area contributed by atoms with Crippen molar-refractivity contribution in [3.63, 3.8) is 0 Å². The average molecular weight is 356 g/mol. The van der Waals surface area contributed by atoms with Crippen LogP contribution in [0, 0.1) is 0 Å². The first-order chi connectivity index (χ1) is 12.0. The lowest BCUT2D eigenvalue weighted by Gasteiger charge is -2.30. The zero-order valence-corrected chi connectivity index (χ0v) is 14.2. The van der Waals surface area contributed by atoms with Crippen LogP contribution in [0.3, 0.4) is 0 Å². The quantitative estimate of drug-likeness (QED) is 0.513. The number of hydrogen-bond donors (Lipinski definition) is 4. The Morgan fingerprint density at radius 1 is 1.08 bits per heavy atom. The molecule has 0 saturated carbocycles. The lowest BCUT2D eigenvalue weighted by Crippen LogP contribution is -2.44. The second-order valence-electron chi connectivity index (χ2n) is 5.56. The Labute approximate surface area is 145 Å². The van der Waals surface area contributed by atoms with Crippen molar-refractivity contribution >= 4 is 0 Å². The molecular weight excluding hydrogens is 332 g/mol. The fourth-order valence-corrected chi connectivity index (χ4v) is 2.48. The molecule has 8 heteroatoms. The second kappa shape index (κ2) is 8.91. The molecule has 1 aromatic rings. The number of aryl methyl sites for hydroxylation is 1. The van der Waals surface area contributed by atoms with Crippen LogP contribution in [0.2, 0.25) is 0 Å². The summed E-state index contributed by atoms with van der Waals surface area (Å²) >= 11 is 0. The molecule has 0 radical (unpaired) electrons. The lowest BCUT2D eigenvalue weighted by atomic mass is 10.1. The van der Waals surface area contributed by atoms with Crippen molar-refractivity contribution in [2.24, 2.45) is 0 Å².